The van der Waals surface area contributed by atoms with Crippen LogP contribution in [0.5, 0.6) is 5.75 Å². The predicted octanol–water partition coefficient (Wildman–Crippen LogP) is 2.74. The molecule has 0 radical (unpaired) electrons. The van der Waals surface area contributed by atoms with Crippen LogP contribution in [0.3, 0.4) is 0 Å². The van der Waals surface area contributed by atoms with E-state index in [-0.39, 0.29) is 6.10 Å². The SMILES string of the molecule is CC(C)CNCC(Oc1ccc(S(C)(=O)=O)cc1)C(C)C. The Bertz CT molecular complexity index is 521. The van der Waals surface area contributed by atoms with Crippen LogP contribution in [-0.4, -0.2) is 33.9 Å². The van der Waals surface area contributed by atoms with Gasteiger partial charge >= 0.3 is 0 Å². The molecule has 0 saturated heterocycles. The van der Waals surface area contributed by atoms with Gasteiger partial charge in [-0.25, -0.2) is 8.42 Å². The van der Waals surface area contributed by atoms with Gasteiger partial charge in [-0.1, -0.05) is 27.7 Å². The Morgan fingerprint density at radius 3 is 2.05 bits per heavy atom. The van der Waals surface area contributed by atoms with E-state index in [4.69, 9.17) is 4.74 Å². The van der Waals surface area contributed by atoms with E-state index < -0.39 is 9.84 Å². The quantitative estimate of drug-likeness (QED) is 0.802. The third-order valence-electron chi connectivity index (χ3n) is 3.18. The zero-order valence-corrected chi connectivity index (χ0v) is 14.4. The van der Waals surface area contributed by atoms with Crippen LogP contribution in [-0.2, 0) is 9.84 Å². The molecule has 1 aromatic rings. The lowest BCUT2D eigenvalue weighted by Gasteiger charge is -2.23. The van der Waals surface area contributed by atoms with Gasteiger partial charge in [0.2, 0.25) is 0 Å². The number of benzene rings is 1. The van der Waals surface area contributed by atoms with Gasteiger partial charge in [0.05, 0.1) is 4.90 Å². The molecule has 0 bridgehead atoms. The topological polar surface area (TPSA) is 55.4 Å². The van der Waals surface area contributed by atoms with E-state index in [9.17, 15) is 8.42 Å². The highest BCUT2D eigenvalue weighted by Crippen LogP contribution is 2.19. The van der Waals surface area contributed by atoms with Gasteiger partial charge in [0.1, 0.15) is 11.9 Å². The number of ether oxygens (including phenoxy) is 1. The van der Waals surface area contributed by atoms with E-state index in [1.54, 1.807) is 24.3 Å². The highest BCUT2D eigenvalue weighted by atomic mass is 32.2. The summed E-state index contributed by atoms with van der Waals surface area (Å²) in [4.78, 5) is 0.314. The summed E-state index contributed by atoms with van der Waals surface area (Å²) in [5.41, 5.74) is 0. The van der Waals surface area contributed by atoms with Crippen LogP contribution in [0.15, 0.2) is 29.2 Å². The van der Waals surface area contributed by atoms with E-state index in [0.29, 0.717) is 22.5 Å². The highest BCUT2D eigenvalue weighted by Gasteiger charge is 2.15. The average molecular weight is 313 g/mol. The molecule has 21 heavy (non-hydrogen) atoms. The lowest BCUT2D eigenvalue weighted by atomic mass is 10.1. The molecule has 0 amide bonds. The number of rotatable bonds is 8. The van der Waals surface area contributed by atoms with Crippen LogP contribution in [0.4, 0.5) is 0 Å². The van der Waals surface area contributed by atoms with E-state index >= 15 is 0 Å². The van der Waals surface area contributed by atoms with Crippen LogP contribution in [0, 0.1) is 11.8 Å². The molecule has 5 heteroatoms. The molecule has 0 aliphatic carbocycles. The summed E-state index contributed by atoms with van der Waals surface area (Å²) in [6.45, 7) is 10.3. The molecule has 120 valence electrons. The third-order valence-corrected chi connectivity index (χ3v) is 4.31. The molecule has 0 aromatic heterocycles. The molecule has 1 rings (SSSR count). The lowest BCUT2D eigenvalue weighted by Crippen LogP contribution is -2.36. The molecule has 1 unspecified atom stereocenters. The molecule has 1 N–H and O–H groups in total. The predicted molar refractivity (Wildman–Crippen MR) is 86.5 cm³/mol. The van der Waals surface area contributed by atoms with Gasteiger partial charge < -0.3 is 10.1 Å². The van der Waals surface area contributed by atoms with Crippen LogP contribution < -0.4 is 10.1 Å². The number of hydrogen-bond acceptors (Lipinski definition) is 4. The van der Waals surface area contributed by atoms with Crippen LogP contribution in [0.1, 0.15) is 27.7 Å². The Kier molecular flexibility index (Phi) is 6.68. The summed E-state index contributed by atoms with van der Waals surface area (Å²) < 4.78 is 28.8. The first kappa shape index (κ1) is 18.0. The fourth-order valence-electron chi connectivity index (χ4n) is 1.87. The maximum Gasteiger partial charge on any atom is 0.175 e. The second-order valence-corrected chi connectivity index (χ2v) is 8.21. The van der Waals surface area contributed by atoms with Crippen molar-refractivity contribution in [2.75, 3.05) is 19.3 Å². The summed E-state index contributed by atoms with van der Waals surface area (Å²) >= 11 is 0. The molecule has 0 saturated carbocycles. The standard InChI is InChI=1S/C16H27NO3S/c1-12(2)10-17-11-16(13(3)4)20-14-6-8-15(9-7-14)21(5,18)19/h6-9,12-13,16-17H,10-11H2,1-5H3. The van der Waals surface area contributed by atoms with Crippen molar-refractivity contribution >= 4 is 9.84 Å². The molecule has 0 aliphatic rings. The first-order chi connectivity index (χ1) is 9.70. The smallest absolute Gasteiger partial charge is 0.175 e. The Morgan fingerprint density at radius 1 is 1.05 bits per heavy atom. The molecular formula is C16H27NO3S. The summed E-state index contributed by atoms with van der Waals surface area (Å²) in [5.74, 6) is 1.68. The summed E-state index contributed by atoms with van der Waals surface area (Å²) in [6, 6.07) is 6.61. The minimum Gasteiger partial charge on any atom is -0.489 e. The van der Waals surface area contributed by atoms with Crippen LogP contribution >= 0.6 is 0 Å². The van der Waals surface area contributed by atoms with E-state index in [1.165, 1.54) is 6.26 Å². The van der Waals surface area contributed by atoms with Crippen molar-refractivity contribution < 1.29 is 13.2 Å². The first-order valence-electron chi connectivity index (χ1n) is 7.37. The fourth-order valence-corrected chi connectivity index (χ4v) is 2.50. The Balaban J connectivity index is 2.67. The molecule has 1 aromatic carbocycles. The average Bonchev–Trinajstić information content (AvgIpc) is 2.36. The van der Waals surface area contributed by atoms with Gasteiger partial charge in [0, 0.05) is 12.8 Å². The van der Waals surface area contributed by atoms with Crippen LogP contribution in [0.25, 0.3) is 0 Å². The Hall–Kier alpha value is -1.07. The maximum absolute atomic E-state index is 11.4. The Morgan fingerprint density at radius 2 is 1.62 bits per heavy atom. The third kappa shape index (κ3) is 6.48. The molecule has 0 aliphatic heterocycles. The fraction of sp³-hybridized carbons (Fsp3) is 0.625. The second kappa shape index (κ2) is 7.80. The van der Waals surface area contributed by atoms with Gasteiger partial charge in [-0.15, -0.1) is 0 Å². The molecular weight excluding hydrogens is 286 g/mol. The highest BCUT2D eigenvalue weighted by molar-refractivity contribution is 7.90. The van der Waals surface area contributed by atoms with Crippen molar-refractivity contribution in [3.05, 3.63) is 24.3 Å². The van der Waals surface area contributed by atoms with E-state index in [1.807, 2.05) is 0 Å². The van der Waals surface area contributed by atoms with Gasteiger partial charge in [0.25, 0.3) is 0 Å². The van der Waals surface area contributed by atoms with Crippen molar-refractivity contribution in [1.82, 2.24) is 5.32 Å². The number of hydrogen-bond donors (Lipinski definition) is 1. The molecule has 4 nitrogen and oxygen atoms in total. The molecule has 0 fully saturated rings. The summed E-state index contributed by atoms with van der Waals surface area (Å²) in [5, 5.41) is 3.40. The normalized spacial score (nSPS) is 13.7. The van der Waals surface area contributed by atoms with E-state index in [0.717, 1.165) is 13.1 Å². The van der Waals surface area contributed by atoms with Gasteiger partial charge in [-0.3, -0.25) is 0 Å². The van der Waals surface area contributed by atoms with Gasteiger partial charge in [0.15, 0.2) is 9.84 Å². The number of sulfone groups is 1. The monoisotopic (exact) mass is 313 g/mol. The largest absolute Gasteiger partial charge is 0.489 e. The first-order valence-corrected chi connectivity index (χ1v) is 9.26. The van der Waals surface area contributed by atoms with Crippen molar-refractivity contribution in [3.8, 4) is 5.75 Å². The molecule has 0 heterocycles. The zero-order valence-electron chi connectivity index (χ0n) is 13.6. The van der Waals surface area contributed by atoms with Crippen LogP contribution in [0.2, 0.25) is 0 Å². The second-order valence-electron chi connectivity index (χ2n) is 6.20. The molecule has 1 atom stereocenters. The van der Waals surface area contributed by atoms with Crippen molar-refractivity contribution in [1.29, 1.82) is 0 Å². The van der Waals surface area contributed by atoms with Gasteiger partial charge in [-0.2, -0.15) is 0 Å². The number of nitrogens with one attached hydrogen (secondary N) is 1. The van der Waals surface area contributed by atoms with Crippen molar-refractivity contribution in [3.63, 3.8) is 0 Å². The zero-order chi connectivity index (χ0) is 16.0. The summed E-state index contributed by atoms with van der Waals surface area (Å²) in [7, 11) is -3.16. The lowest BCUT2D eigenvalue weighted by molar-refractivity contribution is 0.148. The van der Waals surface area contributed by atoms with Gasteiger partial charge in [-0.05, 0) is 42.6 Å². The molecule has 0 spiro atoms. The maximum atomic E-state index is 11.4. The van der Waals surface area contributed by atoms with Crippen molar-refractivity contribution in [2.24, 2.45) is 11.8 Å². The Labute approximate surface area is 128 Å². The summed E-state index contributed by atoms with van der Waals surface area (Å²) in [6.07, 6.45) is 1.27. The minimum absolute atomic E-state index is 0.0628. The minimum atomic E-state index is -3.16. The van der Waals surface area contributed by atoms with Crippen molar-refractivity contribution in [2.45, 2.75) is 38.7 Å². The van der Waals surface area contributed by atoms with E-state index in [2.05, 4.69) is 33.0 Å².